The summed E-state index contributed by atoms with van der Waals surface area (Å²) < 4.78 is 21.8. The van der Waals surface area contributed by atoms with Gasteiger partial charge < -0.3 is 4.90 Å². The highest BCUT2D eigenvalue weighted by atomic mass is 32.2. The molecule has 0 spiro atoms. The van der Waals surface area contributed by atoms with Crippen LogP contribution in [0, 0.1) is 18.8 Å². The average Bonchev–Trinajstić information content (AvgIpc) is 3.26. The SMILES string of the molecule is CN=[S@](=O)(c1ccc(C)cc1)N1CCC[C@H]1C(=O)N(Cc1ccc2scnc2c1)[C@H]1CC[C@H]2C[C@H]2C1. The Labute approximate surface area is 218 Å². The van der Waals surface area contributed by atoms with Crippen molar-refractivity contribution in [3.63, 3.8) is 0 Å². The van der Waals surface area contributed by atoms with Gasteiger partial charge in [-0.3, -0.25) is 4.79 Å². The highest BCUT2D eigenvalue weighted by Gasteiger charge is 2.46. The maximum Gasteiger partial charge on any atom is 0.241 e. The van der Waals surface area contributed by atoms with Crippen molar-refractivity contribution in [1.29, 1.82) is 0 Å². The molecule has 3 aromatic rings. The van der Waals surface area contributed by atoms with Crippen LogP contribution in [0.25, 0.3) is 10.2 Å². The van der Waals surface area contributed by atoms with E-state index in [1.54, 1.807) is 18.4 Å². The third-order valence-corrected chi connectivity index (χ3v) is 11.6. The molecule has 5 atom stereocenters. The summed E-state index contributed by atoms with van der Waals surface area (Å²) in [6.07, 6.45) is 6.25. The van der Waals surface area contributed by atoms with Crippen LogP contribution >= 0.6 is 11.3 Å². The standard InChI is InChI=1S/C28H34N4O2S2/c1-19-5-10-24(11-6-19)36(34,29-2)32-13-3-4-26(32)28(33)31(23-9-8-21-15-22(21)16-23)17-20-7-12-27-25(14-20)30-18-35-27/h5-7,10-12,14,18,21-23,26H,3-4,8-9,13,15-17H2,1-2H3/t21-,22-,23-,26-,36+/m0/s1. The Hall–Kier alpha value is -2.29. The summed E-state index contributed by atoms with van der Waals surface area (Å²) in [4.78, 5) is 21.6. The minimum atomic E-state index is -2.85. The largest absolute Gasteiger partial charge is 0.334 e. The second kappa shape index (κ2) is 9.54. The van der Waals surface area contributed by atoms with Gasteiger partial charge in [0.15, 0.2) is 0 Å². The molecule has 0 unspecified atom stereocenters. The molecule has 0 radical (unpaired) electrons. The predicted molar refractivity (Wildman–Crippen MR) is 145 cm³/mol. The van der Waals surface area contributed by atoms with Crippen molar-refractivity contribution < 1.29 is 9.00 Å². The van der Waals surface area contributed by atoms with Crippen LogP contribution in [-0.2, 0) is 21.3 Å². The molecule has 2 saturated carbocycles. The van der Waals surface area contributed by atoms with Gasteiger partial charge in [-0.15, -0.1) is 11.3 Å². The first-order valence-corrected chi connectivity index (χ1v) is 15.4. The van der Waals surface area contributed by atoms with E-state index in [-0.39, 0.29) is 11.9 Å². The van der Waals surface area contributed by atoms with E-state index < -0.39 is 16.0 Å². The number of fused-ring (bicyclic) bond motifs is 2. The van der Waals surface area contributed by atoms with Crippen LogP contribution < -0.4 is 0 Å². The van der Waals surface area contributed by atoms with Crippen molar-refractivity contribution >= 4 is 37.4 Å². The fourth-order valence-corrected chi connectivity index (χ4v) is 8.99. The van der Waals surface area contributed by atoms with E-state index in [0.29, 0.717) is 18.0 Å². The number of aryl methyl sites for hydroxylation is 1. The zero-order valence-electron chi connectivity index (χ0n) is 21.0. The minimum absolute atomic E-state index is 0.110. The van der Waals surface area contributed by atoms with Crippen LogP contribution in [0.2, 0.25) is 0 Å². The monoisotopic (exact) mass is 522 g/mol. The van der Waals surface area contributed by atoms with Gasteiger partial charge in [0.25, 0.3) is 0 Å². The molecule has 6 rings (SSSR count). The summed E-state index contributed by atoms with van der Waals surface area (Å²) in [5, 5.41) is 0. The van der Waals surface area contributed by atoms with Gasteiger partial charge in [-0.25, -0.2) is 17.9 Å². The van der Waals surface area contributed by atoms with Gasteiger partial charge in [0, 0.05) is 26.2 Å². The molecule has 6 nitrogen and oxygen atoms in total. The van der Waals surface area contributed by atoms with Crippen molar-refractivity contribution in [2.75, 3.05) is 13.6 Å². The number of benzene rings is 2. The molecule has 8 heteroatoms. The number of hydrogen-bond donors (Lipinski definition) is 0. The van der Waals surface area contributed by atoms with Crippen molar-refractivity contribution in [3.8, 4) is 0 Å². The Morgan fingerprint density at radius 3 is 2.75 bits per heavy atom. The Morgan fingerprint density at radius 1 is 1.14 bits per heavy atom. The van der Waals surface area contributed by atoms with Crippen LogP contribution in [0.1, 0.15) is 49.7 Å². The van der Waals surface area contributed by atoms with E-state index >= 15 is 0 Å². The van der Waals surface area contributed by atoms with E-state index in [0.717, 1.165) is 54.2 Å². The lowest BCUT2D eigenvalue weighted by atomic mass is 9.93. The summed E-state index contributed by atoms with van der Waals surface area (Å²) in [5.41, 5.74) is 5.09. The normalized spacial score (nSPS) is 27.4. The number of nitrogens with zero attached hydrogens (tertiary/aromatic N) is 4. The van der Waals surface area contributed by atoms with E-state index in [1.165, 1.54) is 17.5 Å². The van der Waals surface area contributed by atoms with Crippen molar-refractivity contribution in [1.82, 2.24) is 14.2 Å². The Bertz CT molecular complexity index is 1390. The highest BCUT2D eigenvalue weighted by Crippen LogP contribution is 2.50. The van der Waals surface area contributed by atoms with Crippen LogP contribution in [0.5, 0.6) is 0 Å². The highest BCUT2D eigenvalue weighted by molar-refractivity contribution is 7.91. The molecular weight excluding hydrogens is 488 g/mol. The van der Waals surface area contributed by atoms with Gasteiger partial charge in [0.05, 0.1) is 20.6 Å². The number of thiazole rings is 1. The minimum Gasteiger partial charge on any atom is -0.334 e. The topological polar surface area (TPSA) is 65.9 Å². The zero-order chi connectivity index (χ0) is 24.9. The second-order valence-corrected chi connectivity index (χ2v) is 13.8. The molecule has 0 bridgehead atoms. The van der Waals surface area contributed by atoms with Crippen LogP contribution in [0.3, 0.4) is 0 Å². The molecule has 3 fully saturated rings. The molecule has 1 aliphatic heterocycles. The van der Waals surface area contributed by atoms with Crippen molar-refractivity contribution in [3.05, 3.63) is 59.1 Å². The van der Waals surface area contributed by atoms with Gasteiger partial charge in [0.1, 0.15) is 16.0 Å². The molecule has 2 aliphatic carbocycles. The first-order chi connectivity index (χ1) is 17.5. The number of carbonyl (C=O) groups is 1. The molecule has 1 amide bonds. The fourth-order valence-electron chi connectivity index (χ4n) is 6.23. The average molecular weight is 523 g/mol. The van der Waals surface area contributed by atoms with Crippen molar-refractivity contribution in [2.24, 2.45) is 16.2 Å². The summed E-state index contributed by atoms with van der Waals surface area (Å²) in [6.45, 7) is 3.22. The predicted octanol–water partition coefficient (Wildman–Crippen LogP) is 5.66. The van der Waals surface area contributed by atoms with Crippen LogP contribution in [0.4, 0.5) is 0 Å². The van der Waals surface area contributed by atoms with E-state index in [1.807, 2.05) is 41.0 Å². The molecule has 0 N–H and O–H groups in total. The summed E-state index contributed by atoms with van der Waals surface area (Å²) in [7, 11) is -1.23. The number of amides is 1. The second-order valence-electron chi connectivity index (χ2n) is 10.6. The van der Waals surface area contributed by atoms with Crippen molar-refractivity contribution in [2.45, 2.75) is 69.0 Å². The van der Waals surface area contributed by atoms with E-state index in [9.17, 15) is 9.00 Å². The lowest BCUT2D eigenvalue weighted by molar-refractivity contribution is -0.138. The van der Waals surface area contributed by atoms with E-state index in [2.05, 4.69) is 32.4 Å². The van der Waals surface area contributed by atoms with Gasteiger partial charge in [-0.2, -0.15) is 0 Å². The molecule has 3 aliphatic rings. The molecular formula is C28H34N4O2S2. The number of carbonyl (C=O) groups excluding carboxylic acids is 1. The summed E-state index contributed by atoms with van der Waals surface area (Å²) >= 11 is 1.64. The zero-order valence-corrected chi connectivity index (χ0v) is 22.6. The Kier molecular flexibility index (Phi) is 6.38. The first kappa shape index (κ1) is 24.1. The maximum atomic E-state index is 14.3. The quantitative estimate of drug-likeness (QED) is 0.420. The molecule has 1 saturated heterocycles. The van der Waals surface area contributed by atoms with Crippen LogP contribution in [-0.4, -0.2) is 50.0 Å². The number of hydrogen-bond acceptors (Lipinski definition) is 5. The first-order valence-electron chi connectivity index (χ1n) is 13.1. The summed E-state index contributed by atoms with van der Waals surface area (Å²) in [5.74, 6) is 1.74. The maximum absolute atomic E-state index is 14.3. The fraction of sp³-hybridized carbons (Fsp3) is 0.500. The van der Waals surface area contributed by atoms with Gasteiger partial charge >= 0.3 is 0 Å². The lowest BCUT2D eigenvalue weighted by Gasteiger charge is -2.38. The van der Waals surface area contributed by atoms with Gasteiger partial charge in [-0.05, 0) is 87.1 Å². The van der Waals surface area contributed by atoms with E-state index in [4.69, 9.17) is 0 Å². The number of aromatic nitrogens is 1. The summed E-state index contributed by atoms with van der Waals surface area (Å²) in [6, 6.07) is 13.9. The third-order valence-electron chi connectivity index (χ3n) is 8.37. The molecule has 36 heavy (non-hydrogen) atoms. The van der Waals surface area contributed by atoms with Crippen LogP contribution in [0.15, 0.2) is 57.2 Å². The molecule has 1 aromatic heterocycles. The molecule has 190 valence electrons. The van der Waals surface area contributed by atoms with Gasteiger partial charge in [0.2, 0.25) is 5.91 Å². The smallest absolute Gasteiger partial charge is 0.241 e. The Balaban J connectivity index is 1.32. The van der Waals surface area contributed by atoms with Gasteiger partial charge in [-0.1, -0.05) is 23.8 Å². The molecule has 2 aromatic carbocycles. The molecule has 2 heterocycles. The Morgan fingerprint density at radius 2 is 1.97 bits per heavy atom. The lowest BCUT2D eigenvalue weighted by Crippen LogP contribution is -2.51. The number of rotatable bonds is 6. The third kappa shape index (κ3) is 4.37.